The molecule has 148 valence electrons. The summed E-state index contributed by atoms with van der Waals surface area (Å²) in [5.41, 5.74) is 4.44. The molecule has 1 aliphatic rings. The van der Waals surface area contributed by atoms with Gasteiger partial charge in [-0.2, -0.15) is 0 Å². The zero-order valence-corrected chi connectivity index (χ0v) is 17.1. The van der Waals surface area contributed by atoms with Gasteiger partial charge in [-0.3, -0.25) is 4.57 Å². The maximum absolute atomic E-state index is 12.7. The number of fused-ring (bicyclic) bond motifs is 1. The molecule has 2 aromatic carbocycles. The van der Waals surface area contributed by atoms with Crippen LogP contribution in [-0.4, -0.2) is 19.2 Å². The second-order valence-electron chi connectivity index (χ2n) is 6.55. The molecular formula is C22H25O5P. The van der Waals surface area contributed by atoms with E-state index in [4.69, 9.17) is 13.8 Å². The van der Waals surface area contributed by atoms with Crippen LogP contribution < -0.4 is 0 Å². The number of carbonyl (C=O) groups excluding carboxylic acids is 1. The van der Waals surface area contributed by atoms with Crippen molar-refractivity contribution >= 4 is 19.6 Å². The Hall–Kier alpha value is -2.20. The van der Waals surface area contributed by atoms with Crippen LogP contribution in [0.4, 0.5) is 0 Å². The van der Waals surface area contributed by atoms with Crippen LogP contribution in [0.25, 0.3) is 6.08 Å². The van der Waals surface area contributed by atoms with Gasteiger partial charge in [-0.25, -0.2) is 4.79 Å². The number of esters is 1. The van der Waals surface area contributed by atoms with Crippen LogP contribution in [0.15, 0.2) is 54.1 Å². The van der Waals surface area contributed by atoms with E-state index in [1.807, 2.05) is 54.6 Å². The lowest BCUT2D eigenvalue weighted by Gasteiger charge is -2.17. The molecule has 0 amide bonds. The van der Waals surface area contributed by atoms with Gasteiger partial charge in [0.2, 0.25) is 0 Å². The molecule has 0 unspecified atom stereocenters. The Bertz CT molecular complexity index is 894. The fourth-order valence-electron chi connectivity index (χ4n) is 3.17. The summed E-state index contributed by atoms with van der Waals surface area (Å²) in [6, 6.07) is 15.4. The van der Waals surface area contributed by atoms with E-state index in [1.165, 1.54) is 0 Å². The third-order valence-corrected chi connectivity index (χ3v) is 6.48. The van der Waals surface area contributed by atoms with Crippen LogP contribution in [-0.2, 0) is 42.3 Å². The Labute approximate surface area is 165 Å². The molecule has 0 N–H and O–H groups in total. The van der Waals surface area contributed by atoms with Crippen LogP contribution in [0.5, 0.6) is 0 Å². The Kier molecular flexibility index (Phi) is 6.84. The van der Waals surface area contributed by atoms with Crippen LogP contribution in [0, 0.1) is 0 Å². The van der Waals surface area contributed by atoms with Crippen LogP contribution in [0.2, 0.25) is 0 Å². The highest BCUT2D eigenvalue weighted by atomic mass is 31.2. The van der Waals surface area contributed by atoms with Crippen molar-refractivity contribution in [1.82, 2.24) is 0 Å². The summed E-state index contributed by atoms with van der Waals surface area (Å²) in [5.74, 6) is -0.309. The lowest BCUT2D eigenvalue weighted by Crippen LogP contribution is -2.07. The minimum Gasteiger partial charge on any atom is -0.457 e. The third-order valence-electron chi connectivity index (χ3n) is 4.42. The Morgan fingerprint density at radius 2 is 1.71 bits per heavy atom. The van der Waals surface area contributed by atoms with Crippen molar-refractivity contribution in [3.05, 3.63) is 76.4 Å². The van der Waals surface area contributed by atoms with Gasteiger partial charge in [-0.15, -0.1) is 0 Å². The van der Waals surface area contributed by atoms with Gasteiger partial charge < -0.3 is 13.8 Å². The molecule has 0 radical (unpaired) electrons. The fourth-order valence-corrected chi connectivity index (χ4v) is 4.86. The molecule has 3 rings (SSSR count). The largest absolute Gasteiger partial charge is 0.457 e. The van der Waals surface area contributed by atoms with Crippen molar-refractivity contribution in [2.24, 2.45) is 0 Å². The van der Waals surface area contributed by atoms with E-state index < -0.39 is 7.60 Å². The molecule has 0 heterocycles. The summed E-state index contributed by atoms with van der Waals surface area (Å²) in [4.78, 5) is 12.4. The highest BCUT2D eigenvalue weighted by Gasteiger charge is 2.26. The van der Waals surface area contributed by atoms with Crippen LogP contribution in [0.1, 0.15) is 36.1 Å². The van der Waals surface area contributed by atoms with E-state index in [2.05, 4.69) is 0 Å². The molecule has 6 heteroatoms. The first-order valence-electron chi connectivity index (χ1n) is 9.44. The van der Waals surface area contributed by atoms with Gasteiger partial charge in [0.1, 0.15) is 6.61 Å². The number of hydrogen-bond acceptors (Lipinski definition) is 5. The van der Waals surface area contributed by atoms with Gasteiger partial charge in [-0.1, -0.05) is 48.5 Å². The zero-order chi connectivity index (χ0) is 20.0. The van der Waals surface area contributed by atoms with Crippen molar-refractivity contribution in [3.63, 3.8) is 0 Å². The predicted octanol–water partition coefficient (Wildman–Crippen LogP) is 5.14. The van der Waals surface area contributed by atoms with E-state index >= 15 is 0 Å². The lowest BCUT2D eigenvalue weighted by molar-refractivity contribution is -0.140. The van der Waals surface area contributed by atoms with Crippen LogP contribution in [0.3, 0.4) is 0 Å². The number of rotatable bonds is 9. The highest BCUT2D eigenvalue weighted by molar-refractivity contribution is 7.53. The normalized spacial score (nSPS) is 13.1. The molecule has 0 saturated heterocycles. The summed E-state index contributed by atoms with van der Waals surface area (Å²) >= 11 is 0. The standard InChI is InChI=1S/C22H25O5P/c1-3-26-28(24,27-4-2)16-18-10-11-19-13-21(14-20(19)12-18)22(23)25-15-17-8-6-5-7-9-17/h5-12,14H,3-4,13,15-16H2,1-2H3. The molecule has 0 fully saturated rings. The maximum atomic E-state index is 12.7. The molecular weight excluding hydrogens is 375 g/mol. The fraction of sp³-hybridized carbons (Fsp3) is 0.318. The minimum absolute atomic E-state index is 0.212. The summed E-state index contributed by atoms with van der Waals surface area (Å²) in [7, 11) is -3.16. The topological polar surface area (TPSA) is 61.8 Å². The van der Waals surface area contributed by atoms with Crippen molar-refractivity contribution in [3.8, 4) is 0 Å². The molecule has 0 aliphatic heterocycles. The highest BCUT2D eigenvalue weighted by Crippen LogP contribution is 2.51. The predicted molar refractivity (Wildman–Crippen MR) is 109 cm³/mol. The van der Waals surface area contributed by atoms with Gasteiger partial charge >= 0.3 is 13.6 Å². The second-order valence-corrected chi connectivity index (χ2v) is 8.60. The van der Waals surface area contributed by atoms with E-state index in [9.17, 15) is 9.36 Å². The SMILES string of the molecule is CCOP(=O)(Cc1ccc2c(c1)C=C(C(=O)OCc1ccccc1)C2)OCC. The quantitative estimate of drug-likeness (QED) is 0.431. The summed E-state index contributed by atoms with van der Waals surface area (Å²) in [6.45, 7) is 4.51. The average molecular weight is 400 g/mol. The molecule has 1 aliphatic carbocycles. The van der Waals surface area contributed by atoms with Gasteiger partial charge in [0.15, 0.2) is 0 Å². The van der Waals surface area contributed by atoms with E-state index in [1.54, 1.807) is 13.8 Å². The Morgan fingerprint density at radius 3 is 2.39 bits per heavy atom. The number of benzene rings is 2. The first-order valence-corrected chi connectivity index (χ1v) is 11.2. The van der Waals surface area contributed by atoms with Crippen LogP contribution >= 0.6 is 7.60 Å². The van der Waals surface area contributed by atoms with Gasteiger partial charge in [0, 0.05) is 12.0 Å². The number of carbonyl (C=O) groups is 1. The lowest BCUT2D eigenvalue weighted by atomic mass is 10.1. The first-order chi connectivity index (χ1) is 13.5. The number of hydrogen-bond donors (Lipinski definition) is 0. The molecule has 2 aromatic rings. The summed E-state index contributed by atoms with van der Waals surface area (Å²) in [5, 5.41) is 0. The Balaban J connectivity index is 1.67. The smallest absolute Gasteiger partial charge is 0.335 e. The molecule has 28 heavy (non-hydrogen) atoms. The van der Waals surface area contributed by atoms with Crippen molar-refractivity contribution in [1.29, 1.82) is 0 Å². The molecule has 0 bridgehead atoms. The van der Waals surface area contributed by atoms with Gasteiger partial charge in [-0.05, 0) is 42.2 Å². The van der Waals surface area contributed by atoms with Gasteiger partial charge in [0.05, 0.1) is 19.4 Å². The zero-order valence-electron chi connectivity index (χ0n) is 16.2. The average Bonchev–Trinajstić information content (AvgIpc) is 3.10. The molecule has 0 aromatic heterocycles. The third kappa shape index (κ3) is 5.20. The van der Waals surface area contributed by atoms with E-state index in [-0.39, 0.29) is 18.7 Å². The van der Waals surface area contributed by atoms with E-state index in [0.717, 1.165) is 22.3 Å². The molecule has 0 spiro atoms. The van der Waals surface area contributed by atoms with E-state index in [0.29, 0.717) is 25.2 Å². The second kappa shape index (κ2) is 9.33. The van der Waals surface area contributed by atoms with Crippen molar-refractivity contribution in [2.75, 3.05) is 13.2 Å². The summed E-state index contributed by atoms with van der Waals surface area (Å²) < 4.78 is 28.9. The monoisotopic (exact) mass is 400 g/mol. The Morgan fingerprint density at radius 1 is 1.00 bits per heavy atom. The molecule has 0 saturated carbocycles. The molecule has 0 atom stereocenters. The van der Waals surface area contributed by atoms with Crippen molar-refractivity contribution < 1.29 is 23.1 Å². The van der Waals surface area contributed by atoms with Gasteiger partial charge in [0.25, 0.3) is 0 Å². The first kappa shape index (κ1) is 20.5. The summed E-state index contributed by atoms with van der Waals surface area (Å²) in [6.07, 6.45) is 2.60. The molecule has 5 nitrogen and oxygen atoms in total. The number of ether oxygens (including phenoxy) is 1. The maximum Gasteiger partial charge on any atom is 0.335 e. The minimum atomic E-state index is -3.16. The van der Waals surface area contributed by atoms with Crippen molar-refractivity contribution in [2.45, 2.75) is 33.0 Å².